The second-order valence-corrected chi connectivity index (χ2v) is 3.43. The maximum Gasteiger partial charge on any atom is 0.128 e. The van der Waals surface area contributed by atoms with E-state index in [-0.39, 0.29) is 12.4 Å². The third kappa shape index (κ3) is 5.16. The maximum atomic E-state index is 13.1. The van der Waals surface area contributed by atoms with Crippen LogP contribution in [0.15, 0.2) is 24.3 Å². The van der Waals surface area contributed by atoms with Crippen molar-refractivity contribution in [2.75, 3.05) is 25.6 Å². The van der Waals surface area contributed by atoms with E-state index in [0.717, 1.165) is 0 Å². The summed E-state index contributed by atoms with van der Waals surface area (Å²) in [5, 5.41) is 0. The van der Waals surface area contributed by atoms with Crippen molar-refractivity contribution in [1.29, 1.82) is 0 Å². The van der Waals surface area contributed by atoms with E-state index in [9.17, 15) is 4.39 Å². The van der Waals surface area contributed by atoms with Crippen LogP contribution in [-0.4, -0.2) is 25.6 Å². The van der Waals surface area contributed by atoms with Gasteiger partial charge >= 0.3 is 0 Å². The van der Waals surface area contributed by atoms with Crippen molar-refractivity contribution in [2.45, 2.75) is 6.61 Å². The molecule has 0 unspecified atom stereocenters. The van der Waals surface area contributed by atoms with Crippen LogP contribution in [-0.2, 0) is 16.1 Å². The SMILES string of the molecule is Fc1ccccc1COCCOCCS. The molecular weight excluding hydrogens is 215 g/mol. The van der Waals surface area contributed by atoms with Gasteiger partial charge in [0.15, 0.2) is 0 Å². The van der Waals surface area contributed by atoms with E-state index in [4.69, 9.17) is 9.47 Å². The van der Waals surface area contributed by atoms with Crippen LogP contribution in [0.25, 0.3) is 0 Å². The first-order chi connectivity index (χ1) is 7.34. The molecule has 0 aromatic heterocycles. The predicted octanol–water partition coefficient (Wildman–Crippen LogP) is 2.29. The topological polar surface area (TPSA) is 18.5 Å². The van der Waals surface area contributed by atoms with E-state index in [1.807, 2.05) is 0 Å². The molecule has 0 aliphatic heterocycles. The molecule has 0 saturated heterocycles. The fourth-order valence-corrected chi connectivity index (χ4v) is 1.21. The van der Waals surface area contributed by atoms with Crippen molar-refractivity contribution in [3.05, 3.63) is 35.6 Å². The molecule has 0 aliphatic carbocycles. The Morgan fingerprint density at radius 2 is 1.80 bits per heavy atom. The molecule has 0 spiro atoms. The van der Waals surface area contributed by atoms with Gasteiger partial charge in [0.25, 0.3) is 0 Å². The van der Waals surface area contributed by atoms with Gasteiger partial charge in [-0.2, -0.15) is 12.6 Å². The number of rotatable bonds is 7. The van der Waals surface area contributed by atoms with Gasteiger partial charge in [0.2, 0.25) is 0 Å². The zero-order valence-corrected chi connectivity index (χ0v) is 9.38. The van der Waals surface area contributed by atoms with Crippen LogP contribution in [0.2, 0.25) is 0 Å². The minimum atomic E-state index is -0.228. The summed E-state index contributed by atoms with van der Waals surface area (Å²) in [6.07, 6.45) is 0. The second-order valence-electron chi connectivity index (χ2n) is 2.98. The molecule has 0 bridgehead atoms. The minimum Gasteiger partial charge on any atom is -0.378 e. The van der Waals surface area contributed by atoms with Crippen LogP contribution in [0, 0.1) is 5.82 Å². The van der Waals surface area contributed by atoms with E-state index in [0.29, 0.717) is 31.1 Å². The second kappa shape index (κ2) is 7.68. The highest BCUT2D eigenvalue weighted by atomic mass is 32.1. The van der Waals surface area contributed by atoms with Gasteiger partial charge in [0.05, 0.1) is 26.4 Å². The number of ether oxygens (including phenoxy) is 2. The Labute approximate surface area is 94.8 Å². The molecule has 2 nitrogen and oxygen atoms in total. The molecule has 0 aliphatic rings. The summed E-state index contributed by atoms with van der Waals surface area (Å²) in [6, 6.07) is 6.59. The highest BCUT2D eigenvalue weighted by molar-refractivity contribution is 7.80. The third-order valence-electron chi connectivity index (χ3n) is 1.82. The largest absolute Gasteiger partial charge is 0.378 e. The predicted molar refractivity (Wildman–Crippen MR) is 60.7 cm³/mol. The molecule has 0 N–H and O–H groups in total. The molecule has 15 heavy (non-hydrogen) atoms. The molecule has 0 heterocycles. The van der Waals surface area contributed by atoms with Crippen LogP contribution in [0.5, 0.6) is 0 Å². The monoisotopic (exact) mass is 230 g/mol. The quantitative estimate of drug-likeness (QED) is 0.572. The average Bonchev–Trinajstić information content (AvgIpc) is 2.25. The average molecular weight is 230 g/mol. The van der Waals surface area contributed by atoms with Crippen LogP contribution < -0.4 is 0 Å². The number of benzene rings is 1. The lowest BCUT2D eigenvalue weighted by Crippen LogP contribution is -2.06. The molecule has 1 aromatic carbocycles. The minimum absolute atomic E-state index is 0.228. The smallest absolute Gasteiger partial charge is 0.128 e. The molecule has 1 aromatic rings. The van der Waals surface area contributed by atoms with E-state index < -0.39 is 0 Å². The van der Waals surface area contributed by atoms with Gasteiger partial charge in [-0.1, -0.05) is 18.2 Å². The van der Waals surface area contributed by atoms with Crippen LogP contribution in [0.1, 0.15) is 5.56 Å². The van der Waals surface area contributed by atoms with Crippen molar-refractivity contribution in [3.8, 4) is 0 Å². The van der Waals surface area contributed by atoms with Crippen molar-refractivity contribution in [2.24, 2.45) is 0 Å². The summed E-state index contributed by atoms with van der Waals surface area (Å²) < 4.78 is 23.5. The van der Waals surface area contributed by atoms with Gasteiger partial charge < -0.3 is 9.47 Å². The standard InChI is InChI=1S/C11H15FO2S/c12-11-4-2-1-3-10(11)9-14-6-5-13-7-8-15/h1-4,15H,5-9H2. The van der Waals surface area contributed by atoms with E-state index in [1.54, 1.807) is 18.2 Å². The third-order valence-corrected chi connectivity index (χ3v) is 2.01. The molecule has 0 radical (unpaired) electrons. The Kier molecular flexibility index (Phi) is 6.39. The molecule has 0 amide bonds. The Bertz CT molecular complexity index is 281. The van der Waals surface area contributed by atoms with Crippen molar-refractivity contribution < 1.29 is 13.9 Å². The Balaban J connectivity index is 2.12. The maximum absolute atomic E-state index is 13.1. The van der Waals surface area contributed by atoms with E-state index in [2.05, 4.69) is 12.6 Å². The fourth-order valence-electron chi connectivity index (χ4n) is 1.08. The number of thiol groups is 1. The van der Waals surface area contributed by atoms with Crippen molar-refractivity contribution >= 4 is 12.6 Å². The van der Waals surface area contributed by atoms with E-state index in [1.165, 1.54) is 6.07 Å². The van der Waals surface area contributed by atoms with Crippen molar-refractivity contribution in [1.82, 2.24) is 0 Å². The lowest BCUT2D eigenvalue weighted by Gasteiger charge is -2.05. The summed E-state index contributed by atoms with van der Waals surface area (Å²) in [5.41, 5.74) is 0.576. The first-order valence-corrected chi connectivity index (χ1v) is 5.47. The zero-order valence-electron chi connectivity index (χ0n) is 8.49. The summed E-state index contributed by atoms with van der Waals surface area (Å²) in [4.78, 5) is 0. The fraction of sp³-hybridized carbons (Fsp3) is 0.455. The van der Waals surface area contributed by atoms with Gasteiger partial charge in [-0.3, -0.25) is 0 Å². The lowest BCUT2D eigenvalue weighted by atomic mass is 10.2. The Morgan fingerprint density at radius 3 is 2.53 bits per heavy atom. The zero-order chi connectivity index (χ0) is 10.9. The summed E-state index contributed by atoms with van der Waals surface area (Å²) >= 11 is 4.00. The molecule has 84 valence electrons. The summed E-state index contributed by atoms with van der Waals surface area (Å²) in [5.74, 6) is 0.474. The van der Waals surface area contributed by atoms with Crippen molar-refractivity contribution in [3.63, 3.8) is 0 Å². The normalized spacial score (nSPS) is 10.5. The van der Waals surface area contributed by atoms with Gasteiger partial charge in [-0.05, 0) is 6.07 Å². The first kappa shape index (κ1) is 12.5. The van der Waals surface area contributed by atoms with Crippen LogP contribution in [0.4, 0.5) is 4.39 Å². The summed E-state index contributed by atoms with van der Waals surface area (Å²) in [6.45, 7) is 1.90. The molecule has 4 heteroatoms. The Hall–Kier alpha value is -0.580. The summed E-state index contributed by atoms with van der Waals surface area (Å²) in [7, 11) is 0. The molecule has 0 atom stereocenters. The van der Waals surface area contributed by atoms with Gasteiger partial charge in [0, 0.05) is 11.3 Å². The number of hydrogen-bond donors (Lipinski definition) is 1. The molecular formula is C11H15FO2S. The van der Waals surface area contributed by atoms with Crippen LogP contribution in [0.3, 0.4) is 0 Å². The van der Waals surface area contributed by atoms with Gasteiger partial charge in [-0.15, -0.1) is 0 Å². The number of hydrogen-bond acceptors (Lipinski definition) is 3. The highest BCUT2D eigenvalue weighted by Crippen LogP contribution is 2.07. The molecule has 0 saturated carbocycles. The molecule has 0 fully saturated rings. The Morgan fingerprint density at radius 1 is 1.07 bits per heavy atom. The first-order valence-electron chi connectivity index (χ1n) is 4.84. The molecule has 1 rings (SSSR count). The van der Waals surface area contributed by atoms with E-state index >= 15 is 0 Å². The highest BCUT2D eigenvalue weighted by Gasteiger charge is 1.99. The van der Waals surface area contributed by atoms with Crippen LogP contribution >= 0.6 is 12.6 Å². The van der Waals surface area contributed by atoms with Gasteiger partial charge in [-0.25, -0.2) is 4.39 Å². The number of halogens is 1. The van der Waals surface area contributed by atoms with Gasteiger partial charge in [0.1, 0.15) is 5.82 Å². The lowest BCUT2D eigenvalue weighted by molar-refractivity contribution is 0.0452.